The first-order chi connectivity index (χ1) is 4.20. The standard InChI is InChI=1S/C7H11NO/c1-5-3-7(4-8-5)6(2)9/h7-8H,1,3-4H2,2H3. The third kappa shape index (κ3) is 1.31. The Morgan fingerprint density at radius 3 is 2.78 bits per heavy atom. The van der Waals surface area contributed by atoms with Crippen LogP contribution >= 0.6 is 0 Å². The summed E-state index contributed by atoms with van der Waals surface area (Å²) >= 11 is 0. The first kappa shape index (κ1) is 6.33. The quantitative estimate of drug-likeness (QED) is 0.559. The second-order valence-electron chi connectivity index (χ2n) is 2.50. The molecule has 0 aromatic heterocycles. The molecule has 2 nitrogen and oxygen atoms in total. The lowest BCUT2D eigenvalue weighted by Crippen LogP contribution is -2.14. The van der Waals surface area contributed by atoms with E-state index < -0.39 is 0 Å². The summed E-state index contributed by atoms with van der Waals surface area (Å²) < 4.78 is 0. The van der Waals surface area contributed by atoms with E-state index in [1.54, 1.807) is 6.92 Å². The predicted octanol–water partition coefficient (Wildman–Crippen LogP) is 0.699. The van der Waals surface area contributed by atoms with Crippen LogP contribution in [0.3, 0.4) is 0 Å². The van der Waals surface area contributed by atoms with Gasteiger partial charge in [-0.2, -0.15) is 0 Å². The van der Waals surface area contributed by atoms with E-state index in [4.69, 9.17) is 0 Å². The van der Waals surface area contributed by atoms with Crippen LogP contribution in [0.5, 0.6) is 0 Å². The minimum Gasteiger partial charge on any atom is -0.388 e. The normalized spacial score (nSPS) is 25.9. The van der Waals surface area contributed by atoms with Gasteiger partial charge < -0.3 is 5.32 Å². The van der Waals surface area contributed by atoms with Gasteiger partial charge in [0.05, 0.1) is 0 Å². The highest BCUT2D eigenvalue weighted by molar-refractivity contribution is 5.79. The molecule has 0 bridgehead atoms. The number of carbonyl (C=O) groups is 1. The largest absolute Gasteiger partial charge is 0.388 e. The molecule has 1 rings (SSSR count). The van der Waals surface area contributed by atoms with Crippen molar-refractivity contribution >= 4 is 5.78 Å². The fourth-order valence-electron chi connectivity index (χ4n) is 0.997. The lowest BCUT2D eigenvalue weighted by Gasteiger charge is -1.97. The molecule has 0 radical (unpaired) electrons. The van der Waals surface area contributed by atoms with E-state index in [1.807, 2.05) is 0 Å². The number of Topliss-reactive ketones (excluding diaryl/α,β-unsaturated/α-hetero) is 1. The van der Waals surface area contributed by atoms with Crippen LogP contribution in [0.2, 0.25) is 0 Å². The molecule has 1 saturated heterocycles. The maximum atomic E-state index is 10.7. The van der Waals surface area contributed by atoms with E-state index in [0.717, 1.165) is 18.7 Å². The van der Waals surface area contributed by atoms with Gasteiger partial charge in [0, 0.05) is 18.2 Å². The molecular weight excluding hydrogens is 114 g/mol. The Hall–Kier alpha value is -0.790. The van der Waals surface area contributed by atoms with Gasteiger partial charge in [-0.3, -0.25) is 4.79 Å². The molecule has 1 heterocycles. The van der Waals surface area contributed by atoms with Crippen LogP contribution in [0.25, 0.3) is 0 Å². The van der Waals surface area contributed by atoms with Crippen LogP contribution in [0.4, 0.5) is 0 Å². The summed E-state index contributed by atoms with van der Waals surface area (Å²) in [6.45, 7) is 6.14. The molecule has 0 aromatic carbocycles. The van der Waals surface area contributed by atoms with Gasteiger partial charge in [-0.15, -0.1) is 0 Å². The fraction of sp³-hybridized carbons (Fsp3) is 0.571. The molecule has 1 unspecified atom stereocenters. The molecule has 0 amide bonds. The van der Waals surface area contributed by atoms with Crippen LogP contribution in [-0.4, -0.2) is 12.3 Å². The van der Waals surface area contributed by atoms with E-state index in [1.165, 1.54) is 0 Å². The third-order valence-electron chi connectivity index (χ3n) is 1.67. The summed E-state index contributed by atoms with van der Waals surface area (Å²) in [5.74, 6) is 0.457. The molecule has 1 aliphatic heterocycles. The van der Waals surface area contributed by atoms with Crippen LogP contribution in [-0.2, 0) is 4.79 Å². The van der Waals surface area contributed by atoms with Gasteiger partial charge in [0.2, 0.25) is 0 Å². The Labute approximate surface area is 54.9 Å². The zero-order valence-corrected chi connectivity index (χ0v) is 5.61. The molecular formula is C7H11NO. The summed E-state index contributed by atoms with van der Waals surface area (Å²) in [5.41, 5.74) is 0.996. The molecule has 1 N–H and O–H groups in total. The Morgan fingerprint density at radius 1 is 1.89 bits per heavy atom. The van der Waals surface area contributed by atoms with Gasteiger partial charge in [-0.1, -0.05) is 6.58 Å². The number of carbonyl (C=O) groups excluding carboxylic acids is 1. The fourth-order valence-corrected chi connectivity index (χ4v) is 0.997. The molecule has 0 saturated carbocycles. The smallest absolute Gasteiger partial charge is 0.135 e. The SMILES string of the molecule is C=C1CC(C(C)=O)CN1. The van der Waals surface area contributed by atoms with Gasteiger partial charge in [0.1, 0.15) is 5.78 Å². The van der Waals surface area contributed by atoms with Gasteiger partial charge in [0.15, 0.2) is 0 Å². The second kappa shape index (κ2) is 2.21. The maximum absolute atomic E-state index is 10.7. The van der Waals surface area contributed by atoms with E-state index in [-0.39, 0.29) is 11.7 Å². The highest BCUT2D eigenvalue weighted by atomic mass is 16.1. The molecule has 1 atom stereocenters. The number of hydrogen-bond acceptors (Lipinski definition) is 2. The average molecular weight is 125 g/mol. The molecule has 0 aromatic rings. The first-order valence-electron chi connectivity index (χ1n) is 3.12. The van der Waals surface area contributed by atoms with Crippen molar-refractivity contribution in [2.24, 2.45) is 5.92 Å². The van der Waals surface area contributed by atoms with Crippen LogP contribution < -0.4 is 5.32 Å². The summed E-state index contributed by atoms with van der Waals surface area (Å²) in [5, 5.41) is 3.04. The molecule has 0 spiro atoms. The molecule has 9 heavy (non-hydrogen) atoms. The van der Waals surface area contributed by atoms with Crippen molar-refractivity contribution in [2.75, 3.05) is 6.54 Å². The van der Waals surface area contributed by atoms with Gasteiger partial charge >= 0.3 is 0 Å². The van der Waals surface area contributed by atoms with Crippen LogP contribution in [0.1, 0.15) is 13.3 Å². The van der Waals surface area contributed by atoms with Crippen molar-refractivity contribution in [3.8, 4) is 0 Å². The van der Waals surface area contributed by atoms with Gasteiger partial charge in [0.25, 0.3) is 0 Å². The van der Waals surface area contributed by atoms with Crippen molar-refractivity contribution in [3.63, 3.8) is 0 Å². The minimum atomic E-state index is 0.192. The highest BCUT2D eigenvalue weighted by Crippen LogP contribution is 2.15. The monoisotopic (exact) mass is 125 g/mol. The van der Waals surface area contributed by atoms with Gasteiger partial charge in [-0.05, 0) is 13.3 Å². The van der Waals surface area contributed by atoms with Crippen LogP contribution in [0, 0.1) is 5.92 Å². The third-order valence-corrected chi connectivity index (χ3v) is 1.67. The van der Waals surface area contributed by atoms with E-state index in [9.17, 15) is 4.79 Å². The molecule has 50 valence electrons. The lowest BCUT2D eigenvalue weighted by atomic mass is 10.0. The number of ketones is 1. The van der Waals surface area contributed by atoms with E-state index in [0.29, 0.717) is 0 Å². The summed E-state index contributed by atoms with van der Waals surface area (Å²) in [4.78, 5) is 10.7. The molecule has 2 heteroatoms. The summed E-state index contributed by atoms with van der Waals surface area (Å²) in [7, 11) is 0. The van der Waals surface area contributed by atoms with Crippen molar-refractivity contribution in [1.82, 2.24) is 5.32 Å². The van der Waals surface area contributed by atoms with E-state index in [2.05, 4.69) is 11.9 Å². The van der Waals surface area contributed by atoms with Gasteiger partial charge in [-0.25, -0.2) is 0 Å². The number of hydrogen-bond donors (Lipinski definition) is 1. The number of rotatable bonds is 1. The minimum absolute atomic E-state index is 0.192. The Morgan fingerprint density at radius 2 is 2.56 bits per heavy atom. The Kier molecular flexibility index (Phi) is 1.56. The number of allylic oxidation sites excluding steroid dienone is 1. The first-order valence-corrected chi connectivity index (χ1v) is 3.12. The second-order valence-corrected chi connectivity index (χ2v) is 2.50. The lowest BCUT2D eigenvalue weighted by molar-refractivity contribution is -0.120. The average Bonchev–Trinajstić information content (AvgIpc) is 2.14. The Balaban J connectivity index is 2.48. The van der Waals surface area contributed by atoms with Crippen molar-refractivity contribution in [2.45, 2.75) is 13.3 Å². The van der Waals surface area contributed by atoms with Crippen molar-refractivity contribution in [3.05, 3.63) is 12.3 Å². The topological polar surface area (TPSA) is 29.1 Å². The van der Waals surface area contributed by atoms with Crippen molar-refractivity contribution in [1.29, 1.82) is 0 Å². The Bertz CT molecular complexity index is 151. The number of nitrogens with one attached hydrogen (secondary N) is 1. The highest BCUT2D eigenvalue weighted by Gasteiger charge is 2.20. The van der Waals surface area contributed by atoms with E-state index >= 15 is 0 Å². The predicted molar refractivity (Wildman–Crippen MR) is 35.9 cm³/mol. The maximum Gasteiger partial charge on any atom is 0.135 e. The zero-order valence-electron chi connectivity index (χ0n) is 5.61. The summed E-state index contributed by atoms with van der Waals surface area (Å²) in [6, 6.07) is 0. The van der Waals surface area contributed by atoms with Crippen LogP contribution in [0.15, 0.2) is 12.3 Å². The summed E-state index contributed by atoms with van der Waals surface area (Å²) in [6.07, 6.45) is 0.829. The molecule has 1 fully saturated rings. The van der Waals surface area contributed by atoms with Crippen molar-refractivity contribution < 1.29 is 4.79 Å². The zero-order chi connectivity index (χ0) is 6.85. The molecule has 1 aliphatic rings. The molecule has 0 aliphatic carbocycles.